The molecular formula is C14H23N5O3. The SMILES string of the molecule is CCCc1[nH]nc(C(=O)NCCC2CCCNC2)c1[N+](=O)[O-]. The number of hydrogen-bond acceptors (Lipinski definition) is 5. The number of piperidine rings is 1. The number of nitro groups is 1. The van der Waals surface area contributed by atoms with Crippen LogP contribution in [0.25, 0.3) is 0 Å². The minimum absolute atomic E-state index is 0.116. The summed E-state index contributed by atoms with van der Waals surface area (Å²) in [5.74, 6) is 0.0768. The summed E-state index contributed by atoms with van der Waals surface area (Å²) in [6, 6.07) is 0. The third kappa shape index (κ3) is 4.03. The van der Waals surface area contributed by atoms with Crippen LogP contribution in [-0.4, -0.2) is 40.7 Å². The maximum absolute atomic E-state index is 12.1. The lowest BCUT2D eigenvalue weighted by Crippen LogP contribution is -2.33. The minimum Gasteiger partial charge on any atom is -0.350 e. The Hall–Kier alpha value is -1.96. The molecule has 3 N–H and O–H groups in total. The van der Waals surface area contributed by atoms with Crippen molar-refractivity contribution in [3.05, 3.63) is 21.5 Å². The highest BCUT2D eigenvalue weighted by Crippen LogP contribution is 2.22. The molecule has 1 aromatic heterocycles. The predicted molar refractivity (Wildman–Crippen MR) is 81.8 cm³/mol. The number of hydrogen-bond donors (Lipinski definition) is 3. The van der Waals surface area contributed by atoms with Crippen LogP contribution in [0, 0.1) is 16.0 Å². The van der Waals surface area contributed by atoms with E-state index in [-0.39, 0.29) is 11.4 Å². The molecule has 0 bridgehead atoms. The number of carbonyl (C=O) groups is 1. The zero-order valence-corrected chi connectivity index (χ0v) is 12.9. The summed E-state index contributed by atoms with van der Waals surface area (Å²) in [7, 11) is 0. The molecule has 22 heavy (non-hydrogen) atoms. The van der Waals surface area contributed by atoms with E-state index in [1.54, 1.807) is 0 Å². The smallest absolute Gasteiger partial charge is 0.322 e. The summed E-state index contributed by atoms with van der Waals surface area (Å²) < 4.78 is 0. The number of nitrogens with one attached hydrogen (secondary N) is 3. The summed E-state index contributed by atoms with van der Waals surface area (Å²) >= 11 is 0. The first kappa shape index (κ1) is 16.4. The molecule has 0 saturated carbocycles. The fourth-order valence-electron chi connectivity index (χ4n) is 2.80. The van der Waals surface area contributed by atoms with E-state index < -0.39 is 10.8 Å². The third-order valence-corrected chi connectivity index (χ3v) is 3.95. The first-order chi connectivity index (χ1) is 10.6. The predicted octanol–water partition coefficient (Wildman–Crippen LogP) is 1.39. The van der Waals surface area contributed by atoms with Crippen LogP contribution in [0.3, 0.4) is 0 Å². The van der Waals surface area contributed by atoms with Crippen LogP contribution in [0.15, 0.2) is 0 Å². The molecule has 122 valence electrons. The lowest BCUT2D eigenvalue weighted by atomic mass is 9.96. The van der Waals surface area contributed by atoms with Crippen molar-refractivity contribution >= 4 is 11.6 Å². The Bertz CT molecular complexity index is 523. The van der Waals surface area contributed by atoms with Gasteiger partial charge in [-0.25, -0.2) is 0 Å². The fourth-order valence-corrected chi connectivity index (χ4v) is 2.80. The summed E-state index contributed by atoms with van der Waals surface area (Å²) in [5.41, 5.74) is 0.100. The molecule has 1 saturated heterocycles. The van der Waals surface area contributed by atoms with Crippen molar-refractivity contribution in [1.82, 2.24) is 20.8 Å². The van der Waals surface area contributed by atoms with Gasteiger partial charge in [0, 0.05) is 6.54 Å². The monoisotopic (exact) mass is 309 g/mol. The lowest BCUT2D eigenvalue weighted by Gasteiger charge is -2.22. The molecule has 1 aliphatic rings. The van der Waals surface area contributed by atoms with E-state index in [9.17, 15) is 14.9 Å². The molecule has 8 nitrogen and oxygen atoms in total. The van der Waals surface area contributed by atoms with Crippen molar-refractivity contribution in [3.8, 4) is 0 Å². The largest absolute Gasteiger partial charge is 0.350 e. The number of H-pyrrole nitrogens is 1. The molecule has 2 heterocycles. The topological polar surface area (TPSA) is 113 Å². The molecule has 2 rings (SSSR count). The van der Waals surface area contributed by atoms with Gasteiger partial charge in [0.05, 0.1) is 4.92 Å². The molecule has 1 aliphatic heterocycles. The van der Waals surface area contributed by atoms with Crippen LogP contribution < -0.4 is 10.6 Å². The van der Waals surface area contributed by atoms with Crippen LogP contribution in [-0.2, 0) is 6.42 Å². The van der Waals surface area contributed by atoms with Gasteiger partial charge in [0.25, 0.3) is 5.91 Å². The van der Waals surface area contributed by atoms with Gasteiger partial charge in [-0.3, -0.25) is 20.0 Å². The van der Waals surface area contributed by atoms with E-state index in [0.717, 1.165) is 38.8 Å². The zero-order valence-electron chi connectivity index (χ0n) is 12.9. The maximum Gasteiger partial charge on any atom is 0.322 e. The molecule has 1 amide bonds. The van der Waals surface area contributed by atoms with Gasteiger partial charge in [-0.2, -0.15) is 5.10 Å². The Morgan fingerprint density at radius 1 is 1.55 bits per heavy atom. The molecule has 1 atom stereocenters. The lowest BCUT2D eigenvalue weighted by molar-refractivity contribution is -0.385. The molecule has 1 aromatic rings. The van der Waals surface area contributed by atoms with Crippen LogP contribution in [0.5, 0.6) is 0 Å². The maximum atomic E-state index is 12.1. The van der Waals surface area contributed by atoms with Crippen molar-refractivity contribution in [2.45, 2.75) is 39.0 Å². The third-order valence-electron chi connectivity index (χ3n) is 3.95. The first-order valence-corrected chi connectivity index (χ1v) is 7.84. The molecular weight excluding hydrogens is 286 g/mol. The van der Waals surface area contributed by atoms with Crippen molar-refractivity contribution in [1.29, 1.82) is 0 Å². The number of amides is 1. The number of rotatable bonds is 7. The molecule has 0 aromatic carbocycles. The second-order valence-electron chi connectivity index (χ2n) is 5.66. The van der Waals surface area contributed by atoms with E-state index >= 15 is 0 Å². The highest BCUT2D eigenvalue weighted by molar-refractivity contribution is 5.96. The summed E-state index contributed by atoms with van der Waals surface area (Å²) in [6.45, 7) is 4.46. The van der Waals surface area contributed by atoms with Gasteiger partial charge in [0.1, 0.15) is 5.69 Å². The Kier molecular flexibility index (Phi) is 5.88. The van der Waals surface area contributed by atoms with E-state index in [1.165, 1.54) is 0 Å². The number of carbonyl (C=O) groups excluding carboxylic acids is 1. The number of nitrogens with zero attached hydrogens (tertiary/aromatic N) is 2. The highest BCUT2D eigenvalue weighted by Gasteiger charge is 2.28. The van der Waals surface area contributed by atoms with E-state index in [1.807, 2.05) is 6.92 Å². The summed E-state index contributed by atoms with van der Waals surface area (Å²) in [5, 5.41) is 23.7. The molecule has 1 fully saturated rings. The van der Waals surface area contributed by atoms with Crippen LogP contribution in [0.2, 0.25) is 0 Å². The first-order valence-electron chi connectivity index (χ1n) is 7.84. The van der Waals surface area contributed by atoms with Crippen molar-refractivity contribution in [2.75, 3.05) is 19.6 Å². The van der Waals surface area contributed by atoms with Gasteiger partial charge in [0.15, 0.2) is 0 Å². The summed E-state index contributed by atoms with van der Waals surface area (Å²) in [6.07, 6.45) is 4.44. The second-order valence-corrected chi connectivity index (χ2v) is 5.66. The standard InChI is InChI=1S/C14H23N5O3/c1-2-4-11-13(19(21)22)12(18-17-11)14(20)16-8-6-10-5-3-7-15-9-10/h10,15H,2-9H2,1H3,(H,16,20)(H,17,18). The summed E-state index contributed by atoms with van der Waals surface area (Å²) in [4.78, 5) is 22.7. The molecule has 0 radical (unpaired) electrons. The molecule has 0 aliphatic carbocycles. The number of aromatic nitrogens is 2. The second kappa shape index (κ2) is 7.88. The normalized spacial score (nSPS) is 18.1. The average Bonchev–Trinajstić information content (AvgIpc) is 2.93. The Balaban J connectivity index is 1.92. The van der Waals surface area contributed by atoms with Crippen LogP contribution in [0.1, 0.15) is 48.8 Å². The van der Waals surface area contributed by atoms with Crippen LogP contribution >= 0.6 is 0 Å². The Labute approximate surface area is 129 Å². The molecule has 1 unspecified atom stereocenters. The van der Waals surface area contributed by atoms with E-state index in [2.05, 4.69) is 20.8 Å². The van der Waals surface area contributed by atoms with Gasteiger partial charge in [-0.1, -0.05) is 13.3 Å². The number of aromatic amines is 1. The van der Waals surface area contributed by atoms with Crippen molar-refractivity contribution < 1.29 is 9.72 Å². The Morgan fingerprint density at radius 2 is 2.36 bits per heavy atom. The highest BCUT2D eigenvalue weighted by atomic mass is 16.6. The van der Waals surface area contributed by atoms with Crippen molar-refractivity contribution in [2.24, 2.45) is 5.92 Å². The van der Waals surface area contributed by atoms with Gasteiger partial charge in [-0.05, 0) is 44.7 Å². The fraction of sp³-hybridized carbons (Fsp3) is 0.714. The van der Waals surface area contributed by atoms with E-state index in [4.69, 9.17) is 0 Å². The van der Waals surface area contributed by atoms with Crippen molar-refractivity contribution in [3.63, 3.8) is 0 Å². The number of aryl methyl sites for hydroxylation is 1. The van der Waals surface area contributed by atoms with Gasteiger partial charge < -0.3 is 10.6 Å². The molecule has 0 spiro atoms. The zero-order chi connectivity index (χ0) is 15.9. The van der Waals surface area contributed by atoms with Gasteiger partial charge >= 0.3 is 5.69 Å². The van der Waals surface area contributed by atoms with Crippen LogP contribution in [0.4, 0.5) is 5.69 Å². The van der Waals surface area contributed by atoms with Gasteiger partial charge in [0.2, 0.25) is 5.69 Å². The van der Waals surface area contributed by atoms with Gasteiger partial charge in [-0.15, -0.1) is 0 Å². The quantitative estimate of drug-likeness (QED) is 0.520. The molecule has 8 heteroatoms. The van der Waals surface area contributed by atoms with E-state index in [0.29, 0.717) is 24.6 Å². The Morgan fingerprint density at radius 3 is 3.00 bits per heavy atom. The minimum atomic E-state index is -0.533. The average molecular weight is 309 g/mol.